The van der Waals surface area contributed by atoms with Gasteiger partial charge in [-0.25, -0.2) is 4.79 Å². The standard InChI is InChI=1S/C13H10Cl2O4/c1-17-13(16)11-5-3-9(19-11)7-18-12-6-8(14)2-4-10(12)15/h2-6H,7H2,1H3. The number of ether oxygens (including phenoxy) is 2. The Morgan fingerprint density at radius 3 is 2.79 bits per heavy atom. The van der Waals surface area contributed by atoms with Gasteiger partial charge in [0.05, 0.1) is 12.1 Å². The lowest BCUT2D eigenvalue weighted by Crippen LogP contribution is -1.99. The van der Waals surface area contributed by atoms with Crippen LogP contribution in [0, 0.1) is 0 Å². The van der Waals surface area contributed by atoms with E-state index in [0.29, 0.717) is 21.6 Å². The highest BCUT2D eigenvalue weighted by molar-refractivity contribution is 6.34. The van der Waals surface area contributed by atoms with Gasteiger partial charge in [0.2, 0.25) is 5.76 Å². The van der Waals surface area contributed by atoms with E-state index in [0.717, 1.165) is 0 Å². The fraction of sp³-hybridized carbons (Fsp3) is 0.154. The van der Waals surface area contributed by atoms with Crippen LogP contribution >= 0.6 is 23.2 Å². The second kappa shape index (κ2) is 5.99. The van der Waals surface area contributed by atoms with Crippen LogP contribution in [-0.2, 0) is 11.3 Å². The molecule has 0 saturated carbocycles. The molecule has 0 unspecified atom stereocenters. The summed E-state index contributed by atoms with van der Waals surface area (Å²) >= 11 is 11.8. The van der Waals surface area contributed by atoms with Crippen LogP contribution < -0.4 is 4.74 Å². The zero-order valence-corrected chi connectivity index (χ0v) is 11.5. The van der Waals surface area contributed by atoms with Crippen molar-refractivity contribution >= 4 is 29.2 Å². The molecule has 4 nitrogen and oxygen atoms in total. The number of halogens is 2. The molecule has 1 aromatic carbocycles. The van der Waals surface area contributed by atoms with Gasteiger partial charge in [-0.3, -0.25) is 0 Å². The fourth-order valence-electron chi connectivity index (χ4n) is 1.40. The second-order valence-corrected chi connectivity index (χ2v) is 4.46. The van der Waals surface area contributed by atoms with Crippen molar-refractivity contribution in [2.24, 2.45) is 0 Å². The van der Waals surface area contributed by atoms with Crippen molar-refractivity contribution in [1.29, 1.82) is 0 Å². The molecule has 2 rings (SSSR count). The van der Waals surface area contributed by atoms with Crippen LogP contribution in [0.2, 0.25) is 10.0 Å². The Balaban J connectivity index is 2.04. The first-order chi connectivity index (χ1) is 9.10. The summed E-state index contributed by atoms with van der Waals surface area (Å²) in [6, 6.07) is 8.06. The SMILES string of the molecule is COC(=O)c1ccc(COc2cc(Cl)ccc2Cl)o1. The summed E-state index contributed by atoms with van der Waals surface area (Å²) in [6.45, 7) is 0.136. The van der Waals surface area contributed by atoms with E-state index >= 15 is 0 Å². The molecule has 0 fully saturated rings. The third-order valence-corrected chi connectivity index (χ3v) is 2.86. The zero-order chi connectivity index (χ0) is 13.8. The lowest BCUT2D eigenvalue weighted by Gasteiger charge is -2.06. The maximum Gasteiger partial charge on any atom is 0.373 e. The molecule has 0 aliphatic carbocycles. The minimum Gasteiger partial charge on any atom is -0.484 e. The molecule has 0 aliphatic heterocycles. The highest BCUT2D eigenvalue weighted by Gasteiger charge is 2.11. The minimum absolute atomic E-state index is 0.123. The van der Waals surface area contributed by atoms with Gasteiger partial charge in [0, 0.05) is 11.1 Å². The van der Waals surface area contributed by atoms with Crippen molar-refractivity contribution in [1.82, 2.24) is 0 Å². The third kappa shape index (κ3) is 3.43. The van der Waals surface area contributed by atoms with Crippen LogP contribution in [0.3, 0.4) is 0 Å². The molecule has 1 aromatic heterocycles. The Bertz CT molecular complexity index is 592. The van der Waals surface area contributed by atoms with Crippen molar-refractivity contribution in [3.8, 4) is 5.75 Å². The number of esters is 1. The average molecular weight is 301 g/mol. The molecule has 0 atom stereocenters. The number of methoxy groups -OCH3 is 1. The van der Waals surface area contributed by atoms with E-state index in [-0.39, 0.29) is 12.4 Å². The van der Waals surface area contributed by atoms with Gasteiger partial charge < -0.3 is 13.9 Å². The Morgan fingerprint density at radius 2 is 2.05 bits per heavy atom. The summed E-state index contributed by atoms with van der Waals surface area (Å²) in [5.41, 5.74) is 0. The molecule has 100 valence electrons. The van der Waals surface area contributed by atoms with E-state index in [1.54, 1.807) is 24.3 Å². The van der Waals surface area contributed by atoms with Crippen molar-refractivity contribution < 1.29 is 18.7 Å². The summed E-state index contributed by atoms with van der Waals surface area (Å²) in [6.07, 6.45) is 0. The maximum absolute atomic E-state index is 11.2. The van der Waals surface area contributed by atoms with Crippen molar-refractivity contribution in [2.45, 2.75) is 6.61 Å². The molecule has 0 radical (unpaired) electrons. The maximum atomic E-state index is 11.2. The van der Waals surface area contributed by atoms with Gasteiger partial charge in [0.1, 0.15) is 18.1 Å². The van der Waals surface area contributed by atoms with E-state index in [9.17, 15) is 4.79 Å². The van der Waals surface area contributed by atoms with Crippen LogP contribution in [0.5, 0.6) is 5.75 Å². The number of hydrogen-bond donors (Lipinski definition) is 0. The van der Waals surface area contributed by atoms with E-state index < -0.39 is 5.97 Å². The molecule has 0 saturated heterocycles. The number of benzene rings is 1. The molecule has 1 heterocycles. The van der Waals surface area contributed by atoms with Crippen molar-refractivity contribution in [2.75, 3.05) is 7.11 Å². The predicted octanol–water partition coefficient (Wildman–Crippen LogP) is 3.95. The monoisotopic (exact) mass is 300 g/mol. The first kappa shape index (κ1) is 13.8. The molecule has 0 aliphatic rings. The number of rotatable bonds is 4. The van der Waals surface area contributed by atoms with Gasteiger partial charge in [0.25, 0.3) is 0 Å². The van der Waals surface area contributed by atoms with Gasteiger partial charge >= 0.3 is 5.97 Å². The lowest BCUT2D eigenvalue weighted by molar-refractivity contribution is 0.0561. The second-order valence-electron chi connectivity index (χ2n) is 3.62. The fourth-order valence-corrected chi connectivity index (χ4v) is 1.74. The lowest BCUT2D eigenvalue weighted by atomic mass is 10.3. The van der Waals surface area contributed by atoms with Gasteiger partial charge in [-0.2, -0.15) is 0 Å². The zero-order valence-electron chi connectivity index (χ0n) is 9.98. The first-order valence-electron chi connectivity index (χ1n) is 5.35. The van der Waals surface area contributed by atoms with Crippen LogP contribution in [-0.4, -0.2) is 13.1 Å². The molecule has 0 bridgehead atoms. The number of carbonyl (C=O) groups is 1. The third-order valence-electron chi connectivity index (χ3n) is 2.31. The number of furan rings is 1. The molecule has 6 heteroatoms. The molecule has 0 spiro atoms. The summed E-state index contributed by atoms with van der Waals surface area (Å²) in [5, 5.41) is 0.971. The molecule has 0 N–H and O–H groups in total. The van der Waals surface area contributed by atoms with Gasteiger partial charge in [-0.15, -0.1) is 0 Å². The van der Waals surface area contributed by atoms with Gasteiger partial charge in [-0.05, 0) is 24.3 Å². The first-order valence-corrected chi connectivity index (χ1v) is 6.10. The molecule has 2 aromatic rings. The topological polar surface area (TPSA) is 48.7 Å². The smallest absolute Gasteiger partial charge is 0.373 e. The van der Waals surface area contributed by atoms with Gasteiger partial charge in [0.15, 0.2) is 0 Å². The molecule has 19 heavy (non-hydrogen) atoms. The van der Waals surface area contributed by atoms with Crippen LogP contribution in [0.1, 0.15) is 16.3 Å². The van der Waals surface area contributed by atoms with E-state index in [1.807, 2.05) is 0 Å². The highest BCUT2D eigenvalue weighted by Crippen LogP contribution is 2.28. The molecular formula is C13H10Cl2O4. The largest absolute Gasteiger partial charge is 0.484 e. The van der Waals surface area contributed by atoms with Crippen molar-refractivity contribution in [3.05, 3.63) is 51.9 Å². The van der Waals surface area contributed by atoms with E-state index in [2.05, 4.69) is 4.74 Å². The number of carbonyl (C=O) groups excluding carboxylic acids is 1. The Hall–Kier alpha value is -1.65. The Kier molecular flexibility index (Phi) is 4.35. The Morgan fingerprint density at radius 1 is 1.26 bits per heavy atom. The van der Waals surface area contributed by atoms with E-state index in [4.69, 9.17) is 32.4 Å². The summed E-state index contributed by atoms with van der Waals surface area (Å²) in [5.74, 6) is 0.520. The average Bonchev–Trinajstić information content (AvgIpc) is 2.88. The quantitative estimate of drug-likeness (QED) is 0.802. The molecule has 0 amide bonds. The summed E-state index contributed by atoms with van der Waals surface area (Å²) in [7, 11) is 1.28. The predicted molar refractivity (Wildman–Crippen MR) is 70.8 cm³/mol. The Labute approximate surface area is 119 Å². The van der Waals surface area contributed by atoms with Crippen molar-refractivity contribution in [3.63, 3.8) is 0 Å². The minimum atomic E-state index is -0.535. The highest BCUT2D eigenvalue weighted by atomic mass is 35.5. The number of hydrogen-bond acceptors (Lipinski definition) is 4. The van der Waals surface area contributed by atoms with Crippen LogP contribution in [0.25, 0.3) is 0 Å². The summed E-state index contributed by atoms with van der Waals surface area (Å²) < 4.78 is 15.3. The normalized spacial score (nSPS) is 10.3. The van der Waals surface area contributed by atoms with Gasteiger partial charge in [-0.1, -0.05) is 23.2 Å². The van der Waals surface area contributed by atoms with Crippen LogP contribution in [0.15, 0.2) is 34.7 Å². The van der Waals surface area contributed by atoms with E-state index in [1.165, 1.54) is 13.2 Å². The molecular weight excluding hydrogens is 291 g/mol. The van der Waals surface area contributed by atoms with Crippen LogP contribution in [0.4, 0.5) is 0 Å². The summed E-state index contributed by atoms with van der Waals surface area (Å²) in [4.78, 5) is 11.2.